The maximum atomic E-state index is 13.0. The number of carbonyl (C=O) groups is 2. The molecule has 0 saturated carbocycles. The molecule has 6 nitrogen and oxygen atoms in total. The van der Waals surface area contributed by atoms with Crippen LogP contribution in [0.5, 0.6) is 17.2 Å². The Morgan fingerprint density at radius 3 is 2.58 bits per heavy atom. The zero-order valence-electron chi connectivity index (χ0n) is 21.1. The van der Waals surface area contributed by atoms with Gasteiger partial charge in [0.2, 0.25) is 0 Å². The average molecular weight is 562 g/mol. The van der Waals surface area contributed by atoms with Gasteiger partial charge in [-0.3, -0.25) is 4.79 Å². The van der Waals surface area contributed by atoms with Crippen LogP contribution in [0.3, 0.4) is 0 Å². The zero-order chi connectivity index (χ0) is 25.9. The molecule has 192 valence electrons. The summed E-state index contributed by atoms with van der Waals surface area (Å²) in [5, 5.41) is 12.4. The summed E-state index contributed by atoms with van der Waals surface area (Å²) in [6.07, 6.45) is 2.86. The minimum absolute atomic E-state index is 0. The van der Waals surface area contributed by atoms with Crippen molar-refractivity contribution in [2.75, 3.05) is 24.6 Å². The molecule has 2 aliphatic rings. The normalized spacial score (nSPS) is 18.5. The number of halogens is 2. The van der Waals surface area contributed by atoms with Crippen molar-refractivity contribution in [2.24, 2.45) is 5.92 Å². The van der Waals surface area contributed by atoms with Crippen LogP contribution in [0.25, 0.3) is 0 Å². The van der Waals surface area contributed by atoms with Crippen LogP contribution in [0, 0.1) is 5.92 Å². The van der Waals surface area contributed by atoms with Gasteiger partial charge in [-0.25, -0.2) is 0 Å². The number of Topliss-reactive ketones (excluding diaryl/α,β-unsaturated/α-hetero) is 1. The fourth-order valence-electron chi connectivity index (χ4n) is 5.07. The molecule has 2 heterocycles. The molecule has 38 heavy (non-hydrogen) atoms. The number of hydrogen-bond acceptors (Lipinski definition) is 6. The maximum Gasteiger partial charge on any atom is 1.00 e. The van der Waals surface area contributed by atoms with Crippen LogP contribution >= 0.6 is 23.2 Å². The topological polar surface area (TPSA) is 78.9 Å². The molecule has 0 radical (unpaired) electrons. The molecule has 1 saturated heterocycles. The molecule has 9 heteroatoms. The number of rotatable bonds is 7. The van der Waals surface area contributed by atoms with E-state index in [-0.39, 0.29) is 52.9 Å². The monoisotopic (exact) mass is 561 g/mol. The standard InChI is InChI=1S/C29H27Cl2NO5.Na/c30-20-4-1-5-21(14-20)32-11-2-3-18(17-32)13-26(33)19-6-8-22(9-7-19)37-28-16-27-24(15-25(28)31)23(29(34)35)10-12-36-27;/h1,4-9,14-16,18,23H,2-3,10-13,17H2,(H,34,35);/q;+1/p-1/t18-,23?;/m1./s1. The number of benzene rings is 3. The van der Waals surface area contributed by atoms with Crippen molar-refractivity contribution in [1.29, 1.82) is 0 Å². The van der Waals surface area contributed by atoms with Crippen molar-refractivity contribution in [3.05, 3.63) is 81.8 Å². The number of hydrogen-bond donors (Lipinski definition) is 0. The largest absolute Gasteiger partial charge is 1.00 e. The van der Waals surface area contributed by atoms with Gasteiger partial charge in [0, 0.05) is 59.3 Å². The molecule has 1 fully saturated rings. The number of carboxylic acid groups (broad SMARTS) is 1. The van der Waals surface area contributed by atoms with E-state index >= 15 is 0 Å². The summed E-state index contributed by atoms with van der Waals surface area (Å²) in [7, 11) is 0. The third-order valence-corrected chi connectivity index (χ3v) is 7.49. The van der Waals surface area contributed by atoms with E-state index in [0.29, 0.717) is 46.2 Å². The Balaban J connectivity index is 0.00000336. The van der Waals surface area contributed by atoms with E-state index in [2.05, 4.69) is 11.0 Å². The summed E-state index contributed by atoms with van der Waals surface area (Å²) in [6.45, 7) is 2.06. The molecular weight excluding hydrogens is 536 g/mol. The van der Waals surface area contributed by atoms with Gasteiger partial charge in [0.25, 0.3) is 0 Å². The Bertz CT molecular complexity index is 1320. The van der Waals surface area contributed by atoms with E-state index in [1.165, 1.54) is 0 Å². The predicted octanol–water partition coefficient (Wildman–Crippen LogP) is 2.90. The molecule has 0 N–H and O–H groups in total. The molecule has 2 aliphatic heterocycles. The summed E-state index contributed by atoms with van der Waals surface area (Å²) in [4.78, 5) is 26.7. The van der Waals surface area contributed by atoms with Crippen LogP contribution in [0.1, 0.15) is 47.5 Å². The predicted molar refractivity (Wildman–Crippen MR) is 141 cm³/mol. The van der Waals surface area contributed by atoms with E-state index in [1.807, 2.05) is 18.2 Å². The van der Waals surface area contributed by atoms with Crippen LogP contribution in [-0.2, 0) is 4.79 Å². The fourth-order valence-corrected chi connectivity index (χ4v) is 5.46. The average Bonchev–Trinajstić information content (AvgIpc) is 2.89. The van der Waals surface area contributed by atoms with Gasteiger partial charge >= 0.3 is 29.6 Å². The van der Waals surface area contributed by atoms with Crippen LogP contribution in [-0.4, -0.2) is 31.4 Å². The molecule has 5 rings (SSSR count). The quantitative estimate of drug-likeness (QED) is 0.326. The Hall–Kier alpha value is -2.22. The number of aliphatic carboxylic acids is 1. The first-order valence-corrected chi connectivity index (χ1v) is 13.1. The smallest absolute Gasteiger partial charge is 0.549 e. The Labute approximate surface area is 254 Å². The second kappa shape index (κ2) is 12.8. The number of carboxylic acids is 1. The van der Waals surface area contributed by atoms with Gasteiger partial charge in [0.1, 0.15) is 17.2 Å². The van der Waals surface area contributed by atoms with E-state index < -0.39 is 11.9 Å². The second-order valence-electron chi connectivity index (χ2n) is 9.52. The number of ketones is 1. The number of nitrogens with zero attached hydrogens (tertiary/aromatic N) is 1. The number of anilines is 1. The van der Waals surface area contributed by atoms with Crippen LogP contribution < -0.4 is 49.0 Å². The molecule has 1 unspecified atom stereocenters. The minimum atomic E-state index is -1.15. The van der Waals surface area contributed by atoms with E-state index in [9.17, 15) is 14.7 Å². The van der Waals surface area contributed by atoms with Gasteiger partial charge in [-0.2, -0.15) is 0 Å². The minimum Gasteiger partial charge on any atom is -0.549 e. The van der Waals surface area contributed by atoms with Crippen molar-refractivity contribution in [1.82, 2.24) is 0 Å². The summed E-state index contributed by atoms with van der Waals surface area (Å²) >= 11 is 12.5. The van der Waals surface area contributed by atoms with Crippen molar-refractivity contribution < 1.29 is 53.7 Å². The van der Waals surface area contributed by atoms with Gasteiger partial charge in [0.15, 0.2) is 5.78 Å². The van der Waals surface area contributed by atoms with Crippen LogP contribution in [0.2, 0.25) is 10.0 Å². The van der Waals surface area contributed by atoms with Crippen molar-refractivity contribution in [3.63, 3.8) is 0 Å². The number of piperidine rings is 1. The summed E-state index contributed by atoms with van der Waals surface area (Å²) in [6, 6.07) is 18.0. The zero-order valence-corrected chi connectivity index (χ0v) is 24.6. The molecule has 2 atom stereocenters. The first-order valence-electron chi connectivity index (χ1n) is 12.4. The van der Waals surface area contributed by atoms with Crippen LogP contribution in [0.4, 0.5) is 5.69 Å². The Morgan fingerprint density at radius 2 is 1.84 bits per heavy atom. The van der Waals surface area contributed by atoms with E-state index in [1.54, 1.807) is 36.4 Å². The first kappa shape index (κ1) is 28.8. The summed E-state index contributed by atoms with van der Waals surface area (Å²) in [5.74, 6) is -0.265. The second-order valence-corrected chi connectivity index (χ2v) is 10.4. The Kier molecular flexibility index (Phi) is 9.66. The molecule has 0 aromatic heterocycles. The van der Waals surface area contributed by atoms with Crippen molar-refractivity contribution >= 4 is 40.6 Å². The van der Waals surface area contributed by atoms with Gasteiger partial charge < -0.3 is 24.3 Å². The molecule has 0 aliphatic carbocycles. The maximum absolute atomic E-state index is 13.0. The molecule has 0 amide bonds. The first-order chi connectivity index (χ1) is 17.9. The third-order valence-electron chi connectivity index (χ3n) is 6.96. The SMILES string of the molecule is O=C(C[C@H]1CCCN(c2cccc(Cl)c2)C1)c1ccc(Oc2cc3c(cc2Cl)C(C(=O)[O-])CCO3)cc1.[Na+]. The summed E-state index contributed by atoms with van der Waals surface area (Å²) in [5.41, 5.74) is 2.21. The fraction of sp³-hybridized carbons (Fsp3) is 0.310. The molecule has 3 aromatic rings. The molecule has 0 bridgehead atoms. The van der Waals surface area contributed by atoms with Gasteiger partial charge in [-0.1, -0.05) is 29.3 Å². The van der Waals surface area contributed by atoms with Gasteiger partial charge in [-0.05, 0) is 73.7 Å². The Morgan fingerprint density at radius 1 is 1.05 bits per heavy atom. The van der Waals surface area contributed by atoms with Gasteiger partial charge in [0.05, 0.1) is 11.6 Å². The van der Waals surface area contributed by atoms with Gasteiger partial charge in [-0.15, -0.1) is 0 Å². The summed E-state index contributed by atoms with van der Waals surface area (Å²) < 4.78 is 11.5. The third kappa shape index (κ3) is 6.67. The molecular formula is C29H26Cl2NNaO5. The number of carbonyl (C=O) groups excluding carboxylic acids is 2. The van der Waals surface area contributed by atoms with Crippen molar-refractivity contribution in [3.8, 4) is 17.2 Å². The number of fused-ring (bicyclic) bond motifs is 1. The molecule has 3 aromatic carbocycles. The van der Waals surface area contributed by atoms with E-state index in [0.717, 1.165) is 31.6 Å². The van der Waals surface area contributed by atoms with E-state index in [4.69, 9.17) is 32.7 Å². The van der Waals surface area contributed by atoms with Crippen LogP contribution in [0.15, 0.2) is 60.7 Å². The number of ether oxygens (including phenoxy) is 2. The van der Waals surface area contributed by atoms with Crippen molar-refractivity contribution in [2.45, 2.75) is 31.6 Å². The molecule has 0 spiro atoms.